The molecule has 0 amide bonds. The molecule has 2 aromatic rings. The van der Waals surface area contributed by atoms with Crippen LogP contribution in [0.3, 0.4) is 0 Å². The van der Waals surface area contributed by atoms with E-state index in [1.807, 2.05) is 12.1 Å². The standard InChI is InChI=1S/C19H32N6O.HI/c1-5-6-7-11-19(2,3)14-22-18(20-4)21-12-10-16-23-17(25-24-16)15-9-8-13-26-15;/h8-9,13H,5-7,10-12,14H2,1-4H3,(H2,20,21,22)(H,23,24,25);1H. The summed E-state index contributed by atoms with van der Waals surface area (Å²) in [5.74, 6) is 2.89. The van der Waals surface area contributed by atoms with E-state index in [0.717, 1.165) is 31.3 Å². The first-order valence-corrected chi connectivity index (χ1v) is 9.44. The third-order valence-electron chi connectivity index (χ3n) is 4.34. The number of nitrogens with one attached hydrogen (secondary N) is 3. The first-order chi connectivity index (χ1) is 12.5. The van der Waals surface area contributed by atoms with Crippen LogP contribution in [0.4, 0.5) is 0 Å². The van der Waals surface area contributed by atoms with Crippen molar-refractivity contribution in [3.8, 4) is 11.6 Å². The molecule has 0 aliphatic carbocycles. The maximum absolute atomic E-state index is 5.30. The highest BCUT2D eigenvalue weighted by Gasteiger charge is 2.17. The van der Waals surface area contributed by atoms with Crippen molar-refractivity contribution in [2.24, 2.45) is 10.4 Å². The fourth-order valence-corrected chi connectivity index (χ4v) is 2.71. The first-order valence-electron chi connectivity index (χ1n) is 9.44. The topological polar surface area (TPSA) is 91.1 Å². The molecule has 7 nitrogen and oxygen atoms in total. The number of aliphatic imine (C=N–C) groups is 1. The zero-order chi connectivity index (χ0) is 18.8. The Morgan fingerprint density at radius 2 is 2.11 bits per heavy atom. The van der Waals surface area contributed by atoms with Gasteiger partial charge in [0.1, 0.15) is 5.82 Å². The largest absolute Gasteiger partial charge is 0.461 e. The van der Waals surface area contributed by atoms with Crippen LogP contribution in [0.25, 0.3) is 11.6 Å². The molecule has 0 saturated carbocycles. The van der Waals surface area contributed by atoms with Crippen LogP contribution in [-0.4, -0.2) is 41.3 Å². The van der Waals surface area contributed by atoms with Crippen molar-refractivity contribution < 1.29 is 4.42 Å². The number of H-pyrrole nitrogens is 1. The van der Waals surface area contributed by atoms with E-state index in [0.29, 0.717) is 11.6 Å². The smallest absolute Gasteiger partial charge is 0.216 e. The van der Waals surface area contributed by atoms with Gasteiger partial charge in [-0.05, 0) is 24.0 Å². The van der Waals surface area contributed by atoms with Crippen LogP contribution in [0.1, 0.15) is 52.3 Å². The number of hydrogen-bond acceptors (Lipinski definition) is 4. The number of unbranched alkanes of at least 4 members (excludes halogenated alkanes) is 2. The molecule has 0 aliphatic heterocycles. The number of furan rings is 1. The number of rotatable bonds is 10. The van der Waals surface area contributed by atoms with E-state index in [1.54, 1.807) is 13.3 Å². The van der Waals surface area contributed by atoms with Crippen molar-refractivity contribution in [2.75, 3.05) is 20.1 Å². The molecule has 2 rings (SSSR count). The summed E-state index contributed by atoms with van der Waals surface area (Å²) in [6, 6.07) is 3.67. The molecule has 0 radical (unpaired) electrons. The van der Waals surface area contributed by atoms with Gasteiger partial charge in [-0.3, -0.25) is 10.1 Å². The van der Waals surface area contributed by atoms with Crippen LogP contribution in [0, 0.1) is 5.41 Å². The molecule has 2 aromatic heterocycles. The number of aromatic nitrogens is 3. The lowest BCUT2D eigenvalue weighted by Crippen LogP contribution is -2.42. The van der Waals surface area contributed by atoms with E-state index >= 15 is 0 Å². The lowest BCUT2D eigenvalue weighted by Gasteiger charge is -2.26. The second-order valence-electron chi connectivity index (χ2n) is 7.31. The van der Waals surface area contributed by atoms with Gasteiger partial charge in [0.2, 0.25) is 5.82 Å². The lowest BCUT2D eigenvalue weighted by molar-refractivity contribution is 0.318. The molecule has 8 heteroatoms. The Morgan fingerprint density at radius 3 is 2.78 bits per heavy atom. The molecule has 0 aliphatic rings. The van der Waals surface area contributed by atoms with E-state index in [1.165, 1.54) is 25.7 Å². The van der Waals surface area contributed by atoms with E-state index in [2.05, 4.69) is 51.6 Å². The van der Waals surface area contributed by atoms with Gasteiger partial charge in [0.25, 0.3) is 0 Å². The predicted octanol–water partition coefficient (Wildman–Crippen LogP) is 4.00. The normalized spacial score (nSPS) is 11.9. The minimum Gasteiger partial charge on any atom is -0.461 e. The average molecular weight is 488 g/mol. The third kappa shape index (κ3) is 8.32. The van der Waals surface area contributed by atoms with Crippen molar-refractivity contribution >= 4 is 29.9 Å². The number of guanidine groups is 1. The molecule has 3 N–H and O–H groups in total. The molecular formula is C19H33IN6O. The predicted molar refractivity (Wildman–Crippen MR) is 120 cm³/mol. The Morgan fingerprint density at radius 1 is 1.30 bits per heavy atom. The lowest BCUT2D eigenvalue weighted by atomic mass is 9.87. The summed E-state index contributed by atoms with van der Waals surface area (Å²) >= 11 is 0. The number of aromatic amines is 1. The van der Waals surface area contributed by atoms with Crippen LogP contribution in [0.5, 0.6) is 0 Å². The highest BCUT2D eigenvalue weighted by molar-refractivity contribution is 14.0. The number of hydrogen-bond donors (Lipinski definition) is 3. The molecule has 0 atom stereocenters. The molecule has 152 valence electrons. The fraction of sp³-hybridized carbons (Fsp3) is 0.632. The van der Waals surface area contributed by atoms with Crippen LogP contribution < -0.4 is 10.6 Å². The van der Waals surface area contributed by atoms with E-state index in [4.69, 9.17) is 4.42 Å². The molecule has 2 heterocycles. The van der Waals surface area contributed by atoms with Crippen molar-refractivity contribution in [2.45, 2.75) is 52.9 Å². The van der Waals surface area contributed by atoms with Crippen molar-refractivity contribution in [1.82, 2.24) is 25.8 Å². The van der Waals surface area contributed by atoms with Gasteiger partial charge in [0.15, 0.2) is 11.7 Å². The highest BCUT2D eigenvalue weighted by Crippen LogP contribution is 2.22. The average Bonchev–Trinajstić information content (AvgIpc) is 3.29. The van der Waals surface area contributed by atoms with Crippen LogP contribution in [0.2, 0.25) is 0 Å². The fourth-order valence-electron chi connectivity index (χ4n) is 2.71. The van der Waals surface area contributed by atoms with Crippen LogP contribution in [-0.2, 0) is 6.42 Å². The Bertz CT molecular complexity index is 666. The SMILES string of the molecule is CCCCCC(C)(C)CNC(=NC)NCCc1nc(-c2ccco2)n[nH]1.I. The maximum Gasteiger partial charge on any atom is 0.216 e. The summed E-state index contributed by atoms with van der Waals surface area (Å²) in [4.78, 5) is 8.74. The minimum absolute atomic E-state index is 0. The zero-order valence-corrected chi connectivity index (χ0v) is 19.2. The van der Waals surface area contributed by atoms with Gasteiger partial charge < -0.3 is 15.1 Å². The molecule has 0 saturated heterocycles. The van der Waals surface area contributed by atoms with E-state index in [-0.39, 0.29) is 29.4 Å². The Hall–Kier alpha value is -1.58. The Kier molecular flexibility index (Phi) is 10.4. The molecule has 0 fully saturated rings. The Balaban J connectivity index is 0.00000364. The van der Waals surface area contributed by atoms with Gasteiger partial charge in [-0.2, -0.15) is 5.10 Å². The van der Waals surface area contributed by atoms with Crippen molar-refractivity contribution in [3.05, 3.63) is 24.2 Å². The van der Waals surface area contributed by atoms with Gasteiger partial charge >= 0.3 is 0 Å². The molecular weight excluding hydrogens is 455 g/mol. The summed E-state index contributed by atoms with van der Waals surface area (Å²) in [6.45, 7) is 8.47. The van der Waals surface area contributed by atoms with Gasteiger partial charge in [-0.25, -0.2) is 4.98 Å². The van der Waals surface area contributed by atoms with Crippen molar-refractivity contribution in [3.63, 3.8) is 0 Å². The first kappa shape index (κ1) is 23.5. The van der Waals surface area contributed by atoms with Crippen LogP contribution in [0.15, 0.2) is 27.8 Å². The van der Waals surface area contributed by atoms with E-state index < -0.39 is 0 Å². The van der Waals surface area contributed by atoms with Gasteiger partial charge in [-0.15, -0.1) is 24.0 Å². The zero-order valence-electron chi connectivity index (χ0n) is 16.8. The quantitative estimate of drug-likeness (QED) is 0.204. The van der Waals surface area contributed by atoms with Crippen LogP contribution >= 0.6 is 24.0 Å². The van der Waals surface area contributed by atoms with Gasteiger partial charge in [-0.1, -0.05) is 40.0 Å². The summed E-state index contributed by atoms with van der Waals surface area (Å²) in [5.41, 5.74) is 0.260. The summed E-state index contributed by atoms with van der Waals surface area (Å²) in [7, 11) is 1.79. The van der Waals surface area contributed by atoms with Gasteiger partial charge in [0, 0.05) is 26.6 Å². The van der Waals surface area contributed by atoms with Gasteiger partial charge in [0.05, 0.1) is 6.26 Å². The number of halogens is 1. The molecule has 0 unspecified atom stereocenters. The monoisotopic (exact) mass is 488 g/mol. The molecule has 0 spiro atoms. The number of nitrogens with zero attached hydrogens (tertiary/aromatic N) is 3. The minimum atomic E-state index is 0. The maximum atomic E-state index is 5.30. The second-order valence-corrected chi connectivity index (χ2v) is 7.31. The summed E-state index contributed by atoms with van der Waals surface area (Å²) in [6.07, 6.45) is 7.41. The third-order valence-corrected chi connectivity index (χ3v) is 4.34. The summed E-state index contributed by atoms with van der Waals surface area (Å²) in [5, 5.41) is 13.9. The highest BCUT2D eigenvalue weighted by atomic mass is 127. The second kappa shape index (κ2) is 12.0. The molecule has 27 heavy (non-hydrogen) atoms. The van der Waals surface area contributed by atoms with Crippen molar-refractivity contribution in [1.29, 1.82) is 0 Å². The molecule has 0 bridgehead atoms. The Labute approximate surface area is 179 Å². The summed E-state index contributed by atoms with van der Waals surface area (Å²) < 4.78 is 5.30. The molecule has 0 aromatic carbocycles. The van der Waals surface area contributed by atoms with E-state index in [9.17, 15) is 0 Å².